The molecular weight excluding hydrogens is 532 g/mol. The van der Waals surface area contributed by atoms with Crippen molar-refractivity contribution in [1.29, 1.82) is 0 Å². The average Bonchev–Trinajstić information content (AvgIpc) is 3.31. The standard InChI is InChI=1S/C25H32N4O.2BrH/c1-2-4-22-21(3-1)28(6-5-27-7-9-30-10-8-27)24-26-23(17-29(22)24)25-14-18-11-19(15-25)13-20(12-18)16-25;;/h1-4,17-20H,5-16H2;2*1H. The number of hydrogen-bond acceptors (Lipinski definition) is 3. The van der Waals surface area contributed by atoms with Crippen molar-refractivity contribution in [2.45, 2.75) is 50.5 Å². The number of hydrogen-bond donors (Lipinski definition) is 0. The van der Waals surface area contributed by atoms with Crippen LogP contribution in [0.1, 0.15) is 44.2 Å². The van der Waals surface area contributed by atoms with Crippen LogP contribution in [-0.4, -0.2) is 51.7 Å². The fraction of sp³-hybridized carbons (Fsp3) is 0.640. The van der Waals surface area contributed by atoms with Crippen LogP contribution in [0.15, 0.2) is 30.5 Å². The van der Waals surface area contributed by atoms with Gasteiger partial charge in [-0.15, -0.1) is 34.0 Å². The van der Waals surface area contributed by atoms with Crippen molar-refractivity contribution in [2.24, 2.45) is 17.8 Å². The van der Waals surface area contributed by atoms with Crippen LogP contribution in [0.25, 0.3) is 16.8 Å². The van der Waals surface area contributed by atoms with Gasteiger partial charge in [0.05, 0.1) is 29.9 Å². The summed E-state index contributed by atoms with van der Waals surface area (Å²) in [5, 5.41) is 0. The molecule has 5 fully saturated rings. The molecule has 5 nitrogen and oxygen atoms in total. The molecule has 2 aromatic heterocycles. The van der Waals surface area contributed by atoms with E-state index in [0.29, 0.717) is 5.41 Å². The first kappa shape index (κ1) is 22.9. The maximum Gasteiger partial charge on any atom is 0.215 e. The van der Waals surface area contributed by atoms with Gasteiger partial charge in [0.1, 0.15) is 0 Å². The van der Waals surface area contributed by atoms with Gasteiger partial charge in [-0.2, -0.15) is 0 Å². The number of nitrogens with zero attached hydrogens (tertiary/aromatic N) is 4. The minimum atomic E-state index is 0. The van der Waals surface area contributed by atoms with Crippen molar-refractivity contribution in [3.8, 4) is 0 Å². The molecule has 0 N–H and O–H groups in total. The molecule has 1 saturated heterocycles. The topological polar surface area (TPSA) is 34.7 Å². The molecule has 5 aliphatic rings. The molecule has 0 radical (unpaired) electrons. The van der Waals surface area contributed by atoms with Gasteiger partial charge in [-0.05, 0) is 68.4 Å². The molecule has 1 aliphatic heterocycles. The summed E-state index contributed by atoms with van der Waals surface area (Å²) >= 11 is 0. The first-order chi connectivity index (χ1) is 14.8. The maximum absolute atomic E-state index is 5.53. The molecule has 1 aromatic carbocycles. The Morgan fingerprint density at radius 2 is 1.50 bits per heavy atom. The minimum Gasteiger partial charge on any atom is -0.379 e. The summed E-state index contributed by atoms with van der Waals surface area (Å²) in [6.07, 6.45) is 11.0. The second-order valence-electron chi connectivity index (χ2n) is 10.6. The summed E-state index contributed by atoms with van der Waals surface area (Å²) in [5.74, 6) is 4.02. The Balaban J connectivity index is 0.00000108. The molecule has 3 aromatic rings. The van der Waals surface area contributed by atoms with E-state index in [1.54, 1.807) is 0 Å². The maximum atomic E-state index is 5.53. The minimum absolute atomic E-state index is 0. The number of ether oxygens (including phenoxy) is 1. The first-order valence-electron chi connectivity index (χ1n) is 12.0. The van der Waals surface area contributed by atoms with Crippen LogP contribution in [0.2, 0.25) is 0 Å². The fourth-order valence-electron chi connectivity index (χ4n) is 7.71. The van der Waals surface area contributed by atoms with Gasteiger partial charge in [0.2, 0.25) is 5.78 Å². The van der Waals surface area contributed by atoms with Crippen LogP contribution in [0.5, 0.6) is 0 Å². The second-order valence-corrected chi connectivity index (χ2v) is 10.6. The van der Waals surface area contributed by atoms with E-state index in [2.05, 4.69) is 44.3 Å². The molecule has 0 amide bonds. The van der Waals surface area contributed by atoms with Crippen LogP contribution in [-0.2, 0) is 16.7 Å². The lowest BCUT2D eigenvalue weighted by atomic mass is 9.49. The monoisotopic (exact) mass is 564 g/mol. The van der Waals surface area contributed by atoms with Gasteiger partial charge in [0, 0.05) is 37.8 Å². The molecule has 0 unspecified atom stereocenters. The zero-order chi connectivity index (χ0) is 19.7. The molecule has 4 bridgehead atoms. The number of fused-ring (bicyclic) bond motifs is 3. The van der Waals surface area contributed by atoms with Crippen LogP contribution < -0.4 is 0 Å². The van der Waals surface area contributed by atoms with Gasteiger partial charge < -0.3 is 9.30 Å². The Morgan fingerprint density at radius 3 is 2.16 bits per heavy atom. The number of rotatable bonds is 4. The molecule has 7 heteroatoms. The normalized spacial score (nSPS) is 31.7. The van der Waals surface area contributed by atoms with E-state index >= 15 is 0 Å². The van der Waals surface area contributed by atoms with E-state index < -0.39 is 0 Å². The highest BCUT2D eigenvalue weighted by Crippen LogP contribution is 2.60. The predicted octanol–water partition coefficient (Wildman–Crippen LogP) is 5.24. The SMILES string of the molecule is Br.Br.c1ccc2c(c1)n(CCN1CCOCC1)c1nc(C34CC5CC(CC(C5)C3)C4)cn21. The second kappa shape index (κ2) is 8.71. The van der Waals surface area contributed by atoms with Crippen molar-refractivity contribution < 1.29 is 4.74 Å². The third kappa shape index (κ3) is 3.58. The number of aromatic nitrogens is 3. The Hall–Kier alpha value is -0.890. The number of benzene rings is 1. The smallest absolute Gasteiger partial charge is 0.215 e. The zero-order valence-corrected chi connectivity index (χ0v) is 22.0. The summed E-state index contributed by atoms with van der Waals surface area (Å²) in [7, 11) is 0. The van der Waals surface area contributed by atoms with Gasteiger partial charge >= 0.3 is 0 Å². The van der Waals surface area contributed by atoms with Crippen molar-refractivity contribution in [2.75, 3.05) is 32.8 Å². The van der Waals surface area contributed by atoms with Crippen molar-refractivity contribution in [3.05, 3.63) is 36.2 Å². The van der Waals surface area contributed by atoms with E-state index in [1.807, 2.05) is 0 Å². The van der Waals surface area contributed by atoms with Crippen molar-refractivity contribution >= 4 is 50.8 Å². The number of halogens is 2. The van der Waals surface area contributed by atoms with Crippen LogP contribution in [0.4, 0.5) is 0 Å². The Bertz CT molecular complexity index is 1060. The highest BCUT2D eigenvalue weighted by atomic mass is 79.9. The molecule has 174 valence electrons. The van der Waals surface area contributed by atoms with Crippen LogP contribution in [0.3, 0.4) is 0 Å². The highest BCUT2D eigenvalue weighted by Gasteiger charge is 2.52. The Morgan fingerprint density at radius 1 is 0.875 bits per heavy atom. The van der Waals surface area contributed by atoms with Crippen molar-refractivity contribution in [3.63, 3.8) is 0 Å². The molecule has 0 spiro atoms. The summed E-state index contributed by atoms with van der Waals surface area (Å²) < 4.78 is 10.4. The molecule has 0 atom stereocenters. The first-order valence-corrected chi connectivity index (χ1v) is 12.0. The third-order valence-corrected chi connectivity index (χ3v) is 8.69. The predicted molar refractivity (Wildman–Crippen MR) is 138 cm³/mol. The quantitative estimate of drug-likeness (QED) is 0.433. The number of imidazole rings is 2. The largest absolute Gasteiger partial charge is 0.379 e. The highest BCUT2D eigenvalue weighted by molar-refractivity contribution is 8.93. The molecule has 4 saturated carbocycles. The molecule has 8 rings (SSSR count). The van der Waals surface area contributed by atoms with Gasteiger partial charge in [-0.3, -0.25) is 9.30 Å². The van der Waals surface area contributed by atoms with E-state index in [1.165, 1.54) is 55.3 Å². The third-order valence-electron chi connectivity index (χ3n) is 8.69. The molecule has 4 aliphatic carbocycles. The van der Waals surface area contributed by atoms with Crippen molar-refractivity contribution in [1.82, 2.24) is 18.9 Å². The van der Waals surface area contributed by atoms with E-state index in [9.17, 15) is 0 Å². The molecule has 32 heavy (non-hydrogen) atoms. The van der Waals surface area contributed by atoms with Gasteiger partial charge in [-0.1, -0.05) is 12.1 Å². The lowest BCUT2D eigenvalue weighted by Crippen LogP contribution is -2.48. The Labute approximate surface area is 211 Å². The summed E-state index contributed by atoms with van der Waals surface area (Å²) in [5.41, 5.74) is 4.36. The van der Waals surface area contributed by atoms with Gasteiger partial charge in [0.25, 0.3) is 0 Å². The van der Waals surface area contributed by atoms with Gasteiger partial charge in [0.15, 0.2) is 0 Å². The zero-order valence-electron chi connectivity index (χ0n) is 18.6. The van der Waals surface area contributed by atoms with Gasteiger partial charge in [-0.25, -0.2) is 4.98 Å². The molecular formula is C25H34Br2N4O. The van der Waals surface area contributed by atoms with Crippen LogP contribution >= 0.6 is 34.0 Å². The van der Waals surface area contributed by atoms with E-state index in [4.69, 9.17) is 9.72 Å². The van der Waals surface area contributed by atoms with E-state index in [-0.39, 0.29) is 34.0 Å². The molecule has 3 heterocycles. The fourth-order valence-corrected chi connectivity index (χ4v) is 7.71. The summed E-state index contributed by atoms with van der Waals surface area (Å²) in [4.78, 5) is 7.91. The summed E-state index contributed by atoms with van der Waals surface area (Å²) in [6, 6.07) is 8.85. The van der Waals surface area contributed by atoms with E-state index in [0.717, 1.165) is 62.9 Å². The number of morpholine rings is 1. The number of para-hydroxylation sites is 2. The summed E-state index contributed by atoms with van der Waals surface area (Å²) in [6.45, 7) is 5.87. The average molecular weight is 566 g/mol. The lowest BCUT2D eigenvalue weighted by molar-refractivity contribution is -0.00698. The lowest BCUT2D eigenvalue weighted by Gasteiger charge is -2.56. The van der Waals surface area contributed by atoms with Crippen LogP contribution in [0, 0.1) is 17.8 Å². The Kier molecular flexibility index (Phi) is 6.23.